The Kier molecular flexibility index (Phi) is 7.56. The van der Waals surface area contributed by atoms with Gasteiger partial charge in [0, 0.05) is 87.9 Å². The van der Waals surface area contributed by atoms with Gasteiger partial charge in [-0.05, 0) is 0 Å². The van der Waals surface area contributed by atoms with Crippen LogP contribution in [-0.2, 0) is 19.7 Å². The smallest absolute Gasteiger partial charge is 0.260 e. The van der Waals surface area contributed by atoms with Crippen molar-refractivity contribution >= 4 is 53.0 Å². The maximum atomic E-state index is 11.2. The maximum absolute atomic E-state index is 11.2. The molecule has 16 heteroatoms. The molecular weight excluding hydrogens is 472 g/mol. The van der Waals surface area contributed by atoms with Crippen LogP contribution in [0.2, 0.25) is 0 Å². The van der Waals surface area contributed by atoms with Crippen molar-refractivity contribution in [3.63, 3.8) is 0 Å². The molecule has 0 aliphatic carbocycles. The van der Waals surface area contributed by atoms with Crippen molar-refractivity contribution in [1.82, 2.24) is 29.3 Å². The zero-order valence-electron chi connectivity index (χ0n) is 16.6. The summed E-state index contributed by atoms with van der Waals surface area (Å²) in [5, 5.41) is 7.68. The molecule has 0 atom stereocenters. The Morgan fingerprint density at radius 2 is 1.03 bits per heavy atom. The van der Waals surface area contributed by atoms with E-state index in [1.807, 2.05) is 9.80 Å². The third-order valence-electron chi connectivity index (χ3n) is 4.23. The van der Waals surface area contributed by atoms with E-state index in [1.54, 1.807) is 0 Å². The molecule has 4 heterocycles. The molecule has 0 radical (unpaired) electrons. The van der Waals surface area contributed by atoms with Gasteiger partial charge >= 0.3 is 0 Å². The minimum absolute atomic E-state index is 0.0685. The number of hydrogen-bond donors (Lipinski definition) is 2. The van der Waals surface area contributed by atoms with Crippen molar-refractivity contribution in [3.05, 3.63) is 0 Å². The van der Waals surface area contributed by atoms with Gasteiger partial charge in [0.15, 0.2) is 0 Å². The minimum atomic E-state index is -3.27. The van der Waals surface area contributed by atoms with E-state index in [2.05, 4.69) is 29.3 Å². The summed E-state index contributed by atoms with van der Waals surface area (Å²) in [4.78, 5) is 12.1. The highest BCUT2D eigenvalue weighted by Crippen LogP contribution is 2.20. The van der Waals surface area contributed by atoms with Crippen molar-refractivity contribution in [2.75, 3.05) is 74.7 Å². The normalized spacial score (nSPS) is 18.1. The Bertz CT molecular complexity index is 955. The van der Waals surface area contributed by atoms with Gasteiger partial charge in [-0.1, -0.05) is 0 Å². The summed E-state index contributed by atoms with van der Waals surface area (Å²) in [6.07, 6.45) is 2.24. The van der Waals surface area contributed by atoms with Gasteiger partial charge in [0.1, 0.15) is 0 Å². The van der Waals surface area contributed by atoms with E-state index < -0.39 is 19.7 Å². The van der Waals surface area contributed by atoms with Crippen molar-refractivity contribution in [3.8, 4) is 0 Å². The summed E-state index contributed by atoms with van der Waals surface area (Å²) < 4.78 is 52.4. The van der Waals surface area contributed by atoms with Gasteiger partial charge in [0.2, 0.25) is 29.9 Å². The lowest BCUT2D eigenvalue weighted by Gasteiger charge is -2.26. The number of nitrogens with one attached hydrogen (secondary N) is 2. The van der Waals surface area contributed by atoms with Crippen molar-refractivity contribution in [1.29, 1.82) is 0 Å². The average Bonchev–Trinajstić information content (AvgIpc) is 3.40. The van der Waals surface area contributed by atoms with Crippen LogP contribution in [0.25, 0.3) is 0 Å². The standard InChI is InChI=1S/2C7H12N4O2S2/c2*1-15(12,13)6-9-7(14-10-6)11-4-2-8-3-5-11/h2*8H,2-5H2,1H3. The predicted molar refractivity (Wildman–Crippen MR) is 116 cm³/mol. The molecule has 0 spiro atoms. The molecule has 2 saturated heterocycles. The first-order chi connectivity index (χ1) is 14.1. The minimum Gasteiger partial charge on any atom is -0.344 e. The Balaban J connectivity index is 0.000000171. The number of rotatable bonds is 4. The van der Waals surface area contributed by atoms with Crippen LogP contribution < -0.4 is 20.4 Å². The highest BCUT2D eigenvalue weighted by atomic mass is 32.2. The third kappa shape index (κ3) is 6.27. The molecule has 0 amide bonds. The Morgan fingerprint density at radius 1 is 0.700 bits per heavy atom. The topological polar surface area (TPSA) is 150 Å². The highest BCUT2D eigenvalue weighted by molar-refractivity contribution is 7.90. The second-order valence-corrected chi connectivity index (χ2v) is 12.0. The van der Waals surface area contributed by atoms with Crippen molar-refractivity contribution < 1.29 is 16.8 Å². The average molecular weight is 497 g/mol. The van der Waals surface area contributed by atoms with Gasteiger partial charge < -0.3 is 20.4 Å². The first-order valence-corrected chi connectivity index (χ1v) is 14.5. The maximum Gasteiger partial charge on any atom is 0.260 e. The summed E-state index contributed by atoms with van der Waals surface area (Å²) in [5.41, 5.74) is 0. The fraction of sp³-hybridized carbons (Fsp3) is 0.714. The number of hydrogen-bond acceptors (Lipinski definition) is 14. The van der Waals surface area contributed by atoms with E-state index in [0.717, 1.165) is 87.9 Å². The first kappa shape index (κ1) is 23.2. The van der Waals surface area contributed by atoms with Crippen LogP contribution in [0, 0.1) is 0 Å². The van der Waals surface area contributed by atoms with E-state index in [9.17, 15) is 16.8 Å². The molecule has 2 fully saturated rings. The summed E-state index contributed by atoms with van der Waals surface area (Å²) in [7, 11) is -6.55. The van der Waals surface area contributed by atoms with E-state index in [4.69, 9.17) is 0 Å². The monoisotopic (exact) mass is 496 g/mol. The number of anilines is 2. The van der Waals surface area contributed by atoms with Crippen LogP contribution in [0.1, 0.15) is 0 Å². The second kappa shape index (κ2) is 9.78. The summed E-state index contributed by atoms with van der Waals surface area (Å²) in [6, 6.07) is 0. The summed E-state index contributed by atoms with van der Waals surface area (Å²) in [6.45, 7) is 6.97. The Morgan fingerprint density at radius 3 is 1.30 bits per heavy atom. The molecule has 30 heavy (non-hydrogen) atoms. The second-order valence-electron chi connectivity index (χ2n) is 6.74. The zero-order chi connectivity index (χ0) is 21.8. The van der Waals surface area contributed by atoms with Crippen LogP contribution in [0.4, 0.5) is 10.3 Å². The molecule has 0 bridgehead atoms. The van der Waals surface area contributed by atoms with Gasteiger partial charge in [0.05, 0.1) is 0 Å². The SMILES string of the molecule is CS(=O)(=O)c1nsc(N2CCNCC2)n1.CS(=O)(=O)c1nsc(N2CCNCC2)n1. The van der Waals surface area contributed by atoms with E-state index >= 15 is 0 Å². The molecular formula is C14H24N8O4S4. The lowest BCUT2D eigenvalue weighted by molar-refractivity contribution is 0.583. The first-order valence-electron chi connectivity index (χ1n) is 9.13. The lowest BCUT2D eigenvalue weighted by Crippen LogP contribution is -2.43. The van der Waals surface area contributed by atoms with Gasteiger partial charge in [-0.3, -0.25) is 0 Å². The van der Waals surface area contributed by atoms with Crippen LogP contribution >= 0.6 is 23.1 Å². The Hall–Kier alpha value is -1.46. The van der Waals surface area contributed by atoms with Crippen LogP contribution in [0.5, 0.6) is 0 Å². The van der Waals surface area contributed by atoms with Crippen molar-refractivity contribution in [2.24, 2.45) is 0 Å². The van der Waals surface area contributed by atoms with Crippen LogP contribution in [-0.4, -0.2) is 100 Å². The van der Waals surface area contributed by atoms with E-state index in [1.165, 1.54) is 0 Å². The van der Waals surface area contributed by atoms with Crippen LogP contribution in [0.3, 0.4) is 0 Å². The van der Waals surface area contributed by atoms with Gasteiger partial charge in [-0.15, -0.1) is 0 Å². The third-order valence-corrected chi connectivity index (χ3v) is 7.71. The summed E-state index contributed by atoms with van der Waals surface area (Å²) in [5.74, 6) is 0. The van der Waals surface area contributed by atoms with Gasteiger partial charge in [0.25, 0.3) is 10.3 Å². The van der Waals surface area contributed by atoms with E-state index in [0.29, 0.717) is 10.3 Å². The lowest BCUT2D eigenvalue weighted by atomic mass is 10.4. The molecule has 12 nitrogen and oxygen atoms in total. The van der Waals surface area contributed by atoms with Gasteiger partial charge in [-0.2, -0.15) is 18.7 Å². The molecule has 2 aromatic rings. The predicted octanol–water partition coefficient (Wildman–Crippen LogP) is -1.30. The Labute approximate surface area is 183 Å². The fourth-order valence-electron chi connectivity index (χ4n) is 2.68. The molecule has 0 aromatic carbocycles. The molecule has 168 valence electrons. The number of piperazine rings is 2. The van der Waals surface area contributed by atoms with Gasteiger partial charge in [-0.25, -0.2) is 16.8 Å². The molecule has 2 aliphatic heterocycles. The quantitative estimate of drug-likeness (QED) is 0.518. The summed E-state index contributed by atoms with van der Waals surface area (Å²) >= 11 is 2.28. The molecule has 2 N–H and O–H groups in total. The largest absolute Gasteiger partial charge is 0.344 e. The molecule has 2 aliphatic rings. The molecule has 0 saturated carbocycles. The number of nitrogens with zero attached hydrogens (tertiary/aromatic N) is 6. The van der Waals surface area contributed by atoms with Crippen LogP contribution in [0.15, 0.2) is 10.3 Å². The number of aromatic nitrogens is 4. The zero-order valence-corrected chi connectivity index (χ0v) is 19.9. The fourth-order valence-corrected chi connectivity index (χ4v) is 5.85. The highest BCUT2D eigenvalue weighted by Gasteiger charge is 2.20. The molecule has 0 unspecified atom stereocenters. The molecule has 4 rings (SSSR count). The molecule has 2 aromatic heterocycles. The number of sulfone groups is 2. The van der Waals surface area contributed by atoms with E-state index in [-0.39, 0.29) is 10.3 Å². The van der Waals surface area contributed by atoms with Crippen molar-refractivity contribution in [2.45, 2.75) is 10.3 Å².